The quantitative estimate of drug-likeness (QED) is 0.891. The predicted octanol–water partition coefficient (Wildman–Crippen LogP) is 2.58. The zero-order chi connectivity index (χ0) is 13.1. The van der Waals surface area contributed by atoms with Gasteiger partial charge in [-0.1, -0.05) is 23.7 Å². The summed E-state index contributed by atoms with van der Waals surface area (Å²) in [6, 6.07) is 5.78. The Morgan fingerprint density at radius 1 is 1.35 bits per heavy atom. The van der Waals surface area contributed by atoms with Crippen LogP contribution in [0.3, 0.4) is 0 Å². The van der Waals surface area contributed by atoms with E-state index in [9.17, 15) is 18.0 Å². The Hall–Kier alpha value is -1.74. The fourth-order valence-corrected chi connectivity index (χ4v) is 1.18. The van der Waals surface area contributed by atoms with Crippen LogP contribution in [0.2, 0.25) is 5.02 Å². The molecule has 1 aromatic carbocycles. The second-order valence-electron chi connectivity index (χ2n) is 3.08. The molecule has 1 atom stereocenters. The summed E-state index contributed by atoms with van der Waals surface area (Å²) >= 11 is 5.59. The highest BCUT2D eigenvalue weighted by Gasteiger charge is 2.39. The first kappa shape index (κ1) is 13.3. The summed E-state index contributed by atoms with van der Waals surface area (Å²) in [5.41, 5.74) is 0.231. The lowest BCUT2D eigenvalue weighted by Crippen LogP contribution is -2.38. The van der Waals surface area contributed by atoms with Crippen molar-refractivity contribution in [3.63, 3.8) is 0 Å². The molecule has 17 heavy (non-hydrogen) atoms. The van der Waals surface area contributed by atoms with Crippen LogP contribution in [0, 0.1) is 11.3 Å². The van der Waals surface area contributed by atoms with Gasteiger partial charge in [-0.25, -0.2) is 0 Å². The predicted molar refractivity (Wildman–Crippen MR) is 54.0 cm³/mol. The Kier molecular flexibility index (Phi) is 3.97. The molecule has 1 amide bonds. The summed E-state index contributed by atoms with van der Waals surface area (Å²) in [6.45, 7) is 0. The Bertz CT molecular complexity index is 450. The number of nitriles is 1. The molecule has 0 aliphatic rings. The highest BCUT2D eigenvalue weighted by molar-refractivity contribution is 6.30. The van der Waals surface area contributed by atoms with Gasteiger partial charge in [-0.05, 0) is 17.7 Å². The molecular weight excluding hydrogens is 257 g/mol. The van der Waals surface area contributed by atoms with Gasteiger partial charge in [0.05, 0.1) is 6.07 Å². The molecule has 0 radical (unpaired) electrons. The van der Waals surface area contributed by atoms with Crippen LogP contribution in [0.5, 0.6) is 0 Å². The molecule has 1 unspecified atom stereocenters. The van der Waals surface area contributed by atoms with Crippen LogP contribution >= 0.6 is 11.6 Å². The fraction of sp³-hybridized carbons (Fsp3) is 0.200. The smallest absolute Gasteiger partial charge is 0.329 e. The van der Waals surface area contributed by atoms with E-state index in [0.29, 0.717) is 5.02 Å². The molecule has 0 spiro atoms. The van der Waals surface area contributed by atoms with Crippen LogP contribution in [-0.4, -0.2) is 12.1 Å². The largest absolute Gasteiger partial charge is 0.471 e. The summed E-state index contributed by atoms with van der Waals surface area (Å²) in [6.07, 6.45) is -5.01. The normalized spacial score (nSPS) is 12.6. The summed E-state index contributed by atoms with van der Waals surface area (Å²) in [7, 11) is 0. The number of carbonyl (C=O) groups excluding carboxylic acids is 1. The molecule has 1 aromatic rings. The minimum atomic E-state index is -5.01. The lowest BCUT2D eigenvalue weighted by Gasteiger charge is -2.13. The van der Waals surface area contributed by atoms with E-state index >= 15 is 0 Å². The molecule has 0 aromatic heterocycles. The summed E-state index contributed by atoms with van der Waals surface area (Å²) in [5.74, 6) is -2.15. The van der Waals surface area contributed by atoms with E-state index in [1.54, 1.807) is 11.4 Å². The number of benzene rings is 1. The molecule has 7 heteroatoms. The standard InChI is InChI=1S/C10H6ClF3N2O/c11-7-3-1-6(2-4-7)8(5-15)16-9(17)10(12,13)14/h1-4,8H,(H,16,17). The molecule has 0 aliphatic carbocycles. The van der Waals surface area contributed by atoms with E-state index in [0.717, 1.165) is 0 Å². The van der Waals surface area contributed by atoms with Gasteiger partial charge < -0.3 is 5.32 Å². The minimum Gasteiger partial charge on any atom is -0.329 e. The molecule has 0 aliphatic heterocycles. The van der Waals surface area contributed by atoms with Gasteiger partial charge in [0.1, 0.15) is 6.04 Å². The maximum absolute atomic E-state index is 12.0. The van der Waals surface area contributed by atoms with E-state index in [1.165, 1.54) is 24.3 Å². The van der Waals surface area contributed by atoms with Gasteiger partial charge in [-0.2, -0.15) is 18.4 Å². The van der Waals surface area contributed by atoms with Gasteiger partial charge in [0, 0.05) is 5.02 Å². The number of halogens is 4. The summed E-state index contributed by atoms with van der Waals surface area (Å²) < 4.78 is 35.9. The van der Waals surface area contributed by atoms with Gasteiger partial charge in [0.15, 0.2) is 0 Å². The Labute approximate surface area is 99.8 Å². The van der Waals surface area contributed by atoms with Gasteiger partial charge in [0.25, 0.3) is 0 Å². The first-order chi connectivity index (χ1) is 7.84. The number of nitrogens with zero attached hydrogens (tertiary/aromatic N) is 1. The molecule has 0 saturated carbocycles. The second kappa shape index (κ2) is 5.06. The third kappa shape index (κ3) is 3.64. The molecule has 90 valence electrons. The van der Waals surface area contributed by atoms with Gasteiger partial charge >= 0.3 is 12.1 Å². The van der Waals surface area contributed by atoms with Crippen molar-refractivity contribution in [1.29, 1.82) is 5.26 Å². The Balaban J connectivity index is 2.84. The van der Waals surface area contributed by atoms with E-state index in [-0.39, 0.29) is 5.56 Å². The van der Waals surface area contributed by atoms with Crippen molar-refractivity contribution >= 4 is 17.5 Å². The molecular formula is C10H6ClF3N2O. The van der Waals surface area contributed by atoms with Crippen molar-refractivity contribution in [2.45, 2.75) is 12.2 Å². The van der Waals surface area contributed by atoms with Crippen molar-refractivity contribution in [1.82, 2.24) is 5.32 Å². The SMILES string of the molecule is N#CC(NC(=O)C(F)(F)F)c1ccc(Cl)cc1. The first-order valence-electron chi connectivity index (χ1n) is 4.37. The van der Waals surface area contributed by atoms with Gasteiger partial charge in [-0.15, -0.1) is 0 Å². The summed E-state index contributed by atoms with van der Waals surface area (Å²) in [4.78, 5) is 10.7. The van der Waals surface area contributed by atoms with Crippen molar-refractivity contribution < 1.29 is 18.0 Å². The Morgan fingerprint density at radius 3 is 2.29 bits per heavy atom. The molecule has 0 heterocycles. The third-order valence-corrected chi connectivity index (χ3v) is 2.12. The molecule has 0 fully saturated rings. The number of carbonyl (C=O) groups is 1. The maximum Gasteiger partial charge on any atom is 0.471 e. The minimum absolute atomic E-state index is 0.231. The second-order valence-corrected chi connectivity index (χ2v) is 3.52. The van der Waals surface area contributed by atoms with E-state index in [2.05, 4.69) is 0 Å². The van der Waals surface area contributed by atoms with E-state index in [1.807, 2.05) is 0 Å². The van der Waals surface area contributed by atoms with Crippen molar-refractivity contribution in [2.24, 2.45) is 0 Å². The number of nitrogens with one attached hydrogen (secondary N) is 1. The van der Waals surface area contributed by atoms with Gasteiger partial charge in [0.2, 0.25) is 0 Å². The zero-order valence-corrected chi connectivity index (χ0v) is 9.01. The Morgan fingerprint density at radius 2 is 1.88 bits per heavy atom. The topological polar surface area (TPSA) is 52.9 Å². The molecule has 1 N–H and O–H groups in total. The van der Waals surface area contributed by atoms with Crippen LogP contribution in [0.15, 0.2) is 24.3 Å². The lowest BCUT2D eigenvalue weighted by molar-refractivity contribution is -0.174. The summed E-state index contributed by atoms with van der Waals surface area (Å²) in [5, 5.41) is 10.7. The lowest BCUT2D eigenvalue weighted by atomic mass is 10.1. The molecule has 3 nitrogen and oxygen atoms in total. The molecule has 0 bridgehead atoms. The fourth-order valence-electron chi connectivity index (χ4n) is 1.06. The van der Waals surface area contributed by atoms with Crippen LogP contribution in [0.25, 0.3) is 0 Å². The molecule has 0 saturated heterocycles. The number of amides is 1. The average Bonchev–Trinajstić information content (AvgIpc) is 2.25. The zero-order valence-electron chi connectivity index (χ0n) is 8.25. The number of hydrogen-bond acceptors (Lipinski definition) is 2. The van der Waals surface area contributed by atoms with E-state index in [4.69, 9.17) is 16.9 Å². The monoisotopic (exact) mass is 262 g/mol. The van der Waals surface area contributed by atoms with Crippen LogP contribution in [0.1, 0.15) is 11.6 Å². The highest BCUT2D eigenvalue weighted by atomic mass is 35.5. The van der Waals surface area contributed by atoms with E-state index < -0.39 is 18.1 Å². The van der Waals surface area contributed by atoms with Crippen LogP contribution in [-0.2, 0) is 4.79 Å². The highest BCUT2D eigenvalue weighted by Crippen LogP contribution is 2.19. The van der Waals surface area contributed by atoms with Gasteiger partial charge in [-0.3, -0.25) is 4.79 Å². The number of rotatable bonds is 2. The van der Waals surface area contributed by atoms with Crippen molar-refractivity contribution in [3.05, 3.63) is 34.9 Å². The van der Waals surface area contributed by atoms with Crippen LogP contribution < -0.4 is 5.32 Å². The van der Waals surface area contributed by atoms with Crippen molar-refractivity contribution in [3.8, 4) is 6.07 Å². The first-order valence-corrected chi connectivity index (χ1v) is 4.75. The maximum atomic E-state index is 12.0. The molecule has 1 rings (SSSR count). The number of hydrogen-bond donors (Lipinski definition) is 1. The van der Waals surface area contributed by atoms with Crippen LogP contribution in [0.4, 0.5) is 13.2 Å². The average molecular weight is 263 g/mol. The third-order valence-electron chi connectivity index (χ3n) is 1.87. The number of alkyl halides is 3. The van der Waals surface area contributed by atoms with Crippen molar-refractivity contribution in [2.75, 3.05) is 0 Å².